The fourth-order valence-electron chi connectivity index (χ4n) is 2.62. The molecule has 0 bridgehead atoms. The van der Waals surface area contributed by atoms with Gasteiger partial charge in [-0.3, -0.25) is 0 Å². The first-order valence-corrected chi connectivity index (χ1v) is 6.90. The first kappa shape index (κ1) is 13.6. The van der Waals surface area contributed by atoms with Crippen LogP contribution in [0.25, 0.3) is 0 Å². The smallest absolute Gasteiger partial charge is 0.203 e. The van der Waals surface area contributed by atoms with E-state index >= 15 is 0 Å². The molecule has 1 atom stereocenters. The molecular weight excluding hydrogens is 266 g/mol. The summed E-state index contributed by atoms with van der Waals surface area (Å²) in [5.74, 6) is 2.00. The maximum absolute atomic E-state index is 5.41. The van der Waals surface area contributed by atoms with Crippen LogP contribution in [0, 0.1) is 0 Å². The minimum Gasteiger partial charge on any atom is -0.493 e. The Hall–Kier alpha value is -2.36. The summed E-state index contributed by atoms with van der Waals surface area (Å²) < 4.78 is 16.2. The zero-order chi connectivity index (χ0) is 14.8. The van der Waals surface area contributed by atoms with E-state index in [1.165, 1.54) is 5.56 Å². The molecule has 2 aromatic rings. The Morgan fingerprint density at radius 2 is 1.52 bits per heavy atom. The number of ether oxygens (including phenoxy) is 3. The molecule has 1 aliphatic rings. The summed E-state index contributed by atoms with van der Waals surface area (Å²) in [5.41, 5.74) is 2.41. The second-order valence-electron chi connectivity index (χ2n) is 4.96. The van der Waals surface area contributed by atoms with Gasteiger partial charge in [0.25, 0.3) is 0 Å². The van der Waals surface area contributed by atoms with Crippen LogP contribution in [0.5, 0.6) is 17.2 Å². The molecule has 0 N–H and O–H groups in total. The van der Waals surface area contributed by atoms with Crippen LogP contribution >= 0.6 is 0 Å². The van der Waals surface area contributed by atoms with Crippen molar-refractivity contribution in [1.29, 1.82) is 0 Å². The van der Waals surface area contributed by atoms with Crippen LogP contribution in [0.15, 0.2) is 42.5 Å². The molecule has 4 heteroatoms. The van der Waals surface area contributed by atoms with Crippen molar-refractivity contribution in [3.8, 4) is 17.2 Å². The molecule has 1 unspecified atom stereocenters. The SMILES string of the molecule is COc1cc(N2CC2c2ccccc2)cc(OC)c1OC. The van der Waals surface area contributed by atoms with Crippen molar-refractivity contribution in [1.82, 2.24) is 0 Å². The lowest BCUT2D eigenvalue weighted by molar-refractivity contribution is 0.324. The van der Waals surface area contributed by atoms with Crippen molar-refractivity contribution in [3.05, 3.63) is 48.0 Å². The van der Waals surface area contributed by atoms with Gasteiger partial charge in [-0.2, -0.15) is 0 Å². The molecule has 1 fully saturated rings. The van der Waals surface area contributed by atoms with Crippen LogP contribution in [0.3, 0.4) is 0 Å². The van der Waals surface area contributed by atoms with E-state index in [0.717, 1.165) is 12.2 Å². The molecule has 1 heterocycles. The highest BCUT2D eigenvalue weighted by Gasteiger charge is 2.36. The van der Waals surface area contributed by atoms with Gasteiger partial charge < -0.3 is 19.1 Å². The average molecular weight is 285 g/mol. The van der Waals surface area contributed by atoms with E-state index < -0.39 is 0 Å². The lowest BCUT2D eigenvalue weighted by atomic mass is 10.1. The molecule has 4 nitrogen and oxygen atoms in total. The van der Waals surface area contributed by atoms with Gasteiger partial charge in [0.15, 0.2) is 11.5 Å². The van der Waals surface area contributed by atoms with Crippen molar-refractivity contribution in [2.75, 3.05) is 32.8 Å². The van der Waals surface area contributed by atoms with Gasteiger partial charge in [0.1, 0.15) is 0 Å². The summed E-state index contributed by atoms with van der Waals surface area (Å²) in [6.45, 7) is 1.00. The van der Waals surface area contributed by atoms with Crippen LogP contribution in [0.4, 0.5) is 5.69 Å². The van der Waals surface area contributed by atoms with Crippen LogP contribution in [0.1, 0.15) is 11.6 Å². The monoisotopic (exact) mass is 285 g/mol. The van der Waals surface area contributed by atoms with Crippen molar-refractivity contribution in [2.45, 2.75) is 6.04 Å². The fraction of sp³-hybridized carbons (Fsp3) is 0.294. The number of hydrogen-bond acceptors (Lipinski definition) is 4. The molecule has 2 aromatic carbocycles. The number of benzene rings is 2. The van der Waals surface area contributed by atoms with E-state index in [1.54, 1.807) is 21.3 Å². The third-order valence-electron chi connectivity index (χ3n) is 3.78. The van der Waals surface area contributed by atoms with Gasteiger partial charge in [-0.1, -0.05) is 30.3 Å². The van der Waals surface area contributed by atoms with E-state index in [1.807, 2.05) is 18.2 Å². The molecule has 0 saturated carbocycles. The highest BCUT2D eigenvalue weighted by atomic mass is 16.5. The first-order valence-electron chi connectivity index (χ1n) is 6.90. The lowest BCUT2D eigenvalue weighted by Crippen LogP contribution is -1.99. The maximum Gasteiger partial charge on any atom is 0.203 e. The molecule has 0 amide bonds. The average Bonchev–Trinajstić information content (AvgIpc) is 3.34. The van der Waals surface area contributed by atoms with Crippen molar-refractivity contribution in [2.24, 2.45) is 0 Å². The summed E-state index contributed by atoms with van der Waals surface area (Å²) in [7, 11) is 4.89. The summed E-state index contributed by atoms with van der Waals surface area (Å²) in [5, 5.41) is 0. The van der Waals surface area contributed by atoms with E-state index in [-0.39, 0.29) is 0 Å². The zero-order valence-electron chi connectivity index (χ0n) is 12.5. The van der Waals surface area contributed by atoms with Gasteiger partial charge in [-0.15, -0.1) is 0 Å². The molecule has 0 aliphatic carbocycles. The highest BCUT2D eigenvalue weighted by Crippen LogP contribution is 2.46. The number of nitrogens with zero attached hydrogens (tertiary/aromatic N) is 1. The Morgan fingerprint density at radius 3 is 2.05 bits per heavy atom. The second kappa shape index (κ2) is 5.56. The molecule has 21 heavy (non-hydrogen) atoms. The Balaban J connectivity index is 1.90. The summed E-state index contributed by atoms with van der Waals surface area (Å²) in [6, 6.07) is 14.9. The predicted octanol–water partition coefficient (Wildman–Crippen LogP) is 3.27. The third kappa shape index (κ3) is 2.49. The van der Waals surface area contributed by atoms with Crippen molar-refractivity contribution < 1.29 is 14.2 Å². The van der Waals surface area contributed by atoms with E-state index in [9.17, 15) is 0 Å². The quantitative estimate of drug-likeness (QED) is 0.789. The minimum absolute atomic E-state index is 0.425. The molecule has 1 saturated heterocycles. The Morgan fingerprint density at radius 1 is 0.905 bits per heavy atom. The van der Waals surface area contributed by atoms with Crippen molar-refractivity contribution in [3.63, 3.8) is 0 Å². The van der Waals surface area contributed by atoms with Gasteiger partial charge in [0.2, 0.25) is 5.75 Å². The molecule has 110 valence electrons. The highest BCUT2D eigenvalue weighted by molar-refractivity contribution is 5.67. The maximum atomic E-state index is 5.41. The lowest BCUT2D eigenvalue weighted by Gasteiger charge is -2.15. The number of rotatable bonds is 5. The van der Waals surface area contributed by atoms with Gasteiger partial charge >= 0.3 is 0 Å². The van der Waals surface area contributed by atoms with Crippen LogP contribution < -0.4 is 19.1 Å². The molecule has 3 rings (SSSR count). The number of anilines is 1. The number of methoxy groups -OCH3 is 3. The number of hydrogen-bond donors (Lipinski definition) is 0. The van der Waals surface area contributed by atoms with E-state index in [2.05, 4.69) is 29.2 Å². The van der Waals surface area contributed by atoms with Crippen LogP contribution in [-0.2, 0) is 0 Å². The topological polar surface area (TPSA) is 30.7 Å². The second-order valence-corrected chi connectivity index (χ2v) is 4.96. The summed E-state index contributed by atoms with van der Waals surface area (Å²) >= 11 is 0. The van der Waals surface area contributed by atoms with Crippen LogP contribution in [-0.4, -0.2) is 27.9 Å². The van der Waals surface area contributed by atoms with Gasteiger partial charge in [0, 0.05) is 24.4 Å². The molecule has 0 radical (unpaired) electrons. The summed E-state index contributed by atoms with van der Waals surface area (Å²) in [6.07, 6.45) is 0. The first-order chi connectivity index (χ1) is 10.3. The molecule has 1 aliphatic heterocycles. The molecule has 0 spiro atoms. The van der Waals surface area contributed by atoms with E-state index in [0.29, 0.717) is 23.3 Å². The van der Waals surface area contributed by atoms with Gasteiger partial charge in [-0.05, 0) is 5.56 Å². The van der Waals surface area contributed by atoms with Gasteiger partial charge in [0.05, 0.1) is 27.4 Å². The zero-order valence-corrected chi connectivity index (χ0v) is 12.5. The van der Waals surface area contributed by atoms with Gasteiger partial charge in [-0.25, -0.2) is 0 Å². The Kier molecular flexibility index (Phi) is 3.60. The largest absolute Gasteiger partial charge is 0.493 e. The Bertz CT molecular complexity index is 602. The molecule has 0 aromatic heterocycles. The predicted molar refractivity (Wildman–Crippen MR) is 82.6 cm³/mol. The minimum atomic E-state index is 0.425. The van der Waals surface area contributed by atoms with Crippen molar-refractivity contribution >= 4 is 5.69 Å². The normalized spacial score (nSPS) is 16.5. The third-order valence-corrected chi connectivity index (χ3v) is 3.78. The Labute approximate surface area is 124 Å². The summed E-state index contributed by atoms with van der Waals surface area (Å²) in [4.78, 5) is 2.31. The van der Waals surface area contributed by atoms with Crippen LogP contribution in [0.2, 0.25) is 0 Å². The standard InChI is InChI=1S/C17H19NO3/c1-19-15-9-13(10-16(20-2)17(15)21-3)18-11-14(18)12-7-5-4-6-8-12/h4-10,14H,11H2,1-3H3. The fourth-order valence-corrected chi connectivity index (χ4v) is 2.62. The molecular formula is C17H19NO3. The van der Waals surface area contributed by atoms with E-state index in [4.69, 9.17) is 14.2 Å².